The molecule has 1 N–H and O–H groups in total. The van der Waals surface area contributed by atoms with E-state index in [1.54, 1.807) is 26.4 Å². The van der Waals surface area contributed by atoms with Gasteiger partial charge in [-0.3, -0.25) is 4.79 Å². The second-order valence-electron chi connectivity index (χ2n) is 5.11. The maximum atomic E-state index is 10.0. The van der Waals surface area contributed by atoms with Gasteiger partial charge in [-0.05, 0) is 48.5 Å². The van der Waals surface area contributed by atoms with Crippen LogP contribution in [0, 0.1) is 0 Å². The molecule has 4 heteroatoms. The number of hydrogen-bond donors (Lipinski definition) is 1. The van der Waals surface area contributed by atoms with Crippen LogP contribution in [0.15, 0.2) is 78.9 Å². The predicted octanol–water partition coefficient (Wildman–Crippen LogP) is 4.95. The van der Waals surface area contributed by atoms with Crippen LogP contribution in [0.2, 0.25) is 0 Å². The summed E-state index contributed by atoms with van der Waals surface area (Å²) in [6, 6.07) is 24.7. The fraction of sp³-hybridized carbons (Fsp3) is 0.0952. The Hall–Kier alpha value is -3.27. The zero-order chi connectivity index (χ0) is 17.9. The van der Waals surface area contributed by atoms with Gasteiger partial charge < -0.3 is 14.8 Å². The molecular weight excluding hydrogens is 314 g/mol. The van der Waals surface area contributed by atoms with Crippen LogP contribution in [0.25, 0.3) is 0 Å². The molecule has 0 saturated carbocycles. The van der Waals surface area contributed by atoms with Gasteiger partial charge in [-0.25, -0.2) is 0 Å². The number of ether oxygens (including phenoxy) is 2. The zero-order valence-electron chi connectivity index (χ0n) is 14.3. The van der Waals surface area contributed by atoms with Crippen molar-refractivity contribution in [1.82, 2.24) is 0 Å². The third kappa shape index (κ3) is 6.03. The fourth-order valence-corrected chi connectivity index (χ4v) is 2.05. The van der Waals surface area contributed by atoms with Gasteiger partial charge in [0.15, 0.2) is 0 Å². The van der Waals surface area contributed by atoms with Crippen molar-refractivity contribution in [2.75, 3.05) is 19.5 Å². The second-order valence-corrected chi connectivity index (χ2v) is 5.11. The van der Waals surface area contributed by atoms with Crippen LogP contribution in [0.1, 0.15) is 10.4 Å². The summed E-state index contributed by atoms with van der Waals surface area (Å²) in [5.74, 6) is 1.70. The Kier molecular flexibility index (Phi) is 7.07. The molecule has 4 nitrogen and oxygen atoms in total. The highest BCUT2D eigenvalue weighted by Gasteiger charge is 1.96. The number of methoxy groups -OCH3 is 2. The van der Waals surface area contributed by atoms with Gasteiger partial charge in [0, 0.05) is 16.9 Å². The monoisotopic (exact) mass is 335 g/mol. The molecule has 0 radical (unpaired) electrons. The molecule has 0 aromatic heterocycles. The predicted molar refractivity (Wildman–Crippen MR) is 101 cm³/mol. The normalized spacial score (nSPS) is 9.36. The minimum Gasteiger partial charge on any atom is -0.497 e. The summed E-state index contributed by atoms with van der Waals surface area (Å²) in [4.78, 5) is 10.0. The van der Waals surface area contributed by atoms with Crippen molar-refractivity contribution in [2.45, 2.75) is 0 Å². The summed E-state index contributed by atoms with van der Waals surface area (Å²) in [7, 11) is 3.32. The first kappa shape index (κ1) is 18.1. The Balaban J connectivity index is 0.000000236. The first-order valence-electron chi connectivity index (χ1n) is 7.80. The van der Waals surface area contributed by atoms with Gasteiger partial charge in [-0.1, -0.05) is 30.3 Å². The number of hydrogen-bond acceptors (Lipinski definition) is 4. The third-order valence-electron chi connectivity index (χ3n) is 3.40. The Morgan fingerprint density at radius 2 is 1.12 bits per heavy atom. The summed E-state index contributed by atoms with van der Waals surface area (Å²) in [5.41, 5.74) is 2.78. The molecule has 0 saturated heterocycles. The first-order valence-corrected chi connectivity index (χ1v) is 7.80. The van der Waals surface area contributed by atoms with Gasteiger partial charge >= 0.3 is 0 Å². The Labute approximate surface area is 148 Å². The van der Waals surface area contributed by atoms with Crippen LogP contribution in [0.4, 0.5) is 11.4 Å². The average molecular weight is 335 g/mol. The van der Waals surface area contributed by atoms with Crippen molar-refractivity contribution in [1.29, 1.82) is 0 Å². The van der Waals surface area contributed by atoms with E-state index in [0.717, 1.165) is 34.7 Å². The SMILES string of the molecule is COc1ccc(Nc2ccc(OC)cc2)cc1.O=Cc1ccccc1. The Bertz CT molecular complexity index is 708. The lowest BCUT2D eigenvalue weighted by molar-refractivity contribution is 0.112. The third-order valence-corrected chi connectivity index (χ3v) is 3.40. The molecule has 0 atom stereocenters. The lowest BCUT2D eigenvalue weighted by Crippen LogP contribution is -1.90. The lowest BCUT2D eigenvalue weighted by Gasteiger charge is -2.08. The first-order chi connectivity index (χ1) is 12.2. The second kappa shape index (κ2) is 9.78. The number of carbonyl (C=O) groups excluding carboxylic acids is 1. The number of rotatable bonds is 5. The summed E-state index contributed by atoms with van der Waals surface area (Å²) in [6.45, 7) is 0. The van der Waals surface area contributed by atoms with Crippen molar-refractivity contribution in [2.24, 2.45) is 0 Å². The molecule has 0 unspecified atom stereocenters. The number of aldehydes is 1. The quantitative estimate of drug-likeness (QED) is 0.670. The number of nitrogens with one attached hydrogen (secondary N) is 1. The molecule has 3 rings (SSSR count). The molecular formula is C21H21NO3. The van der Waals surface area contributed by atoms with E-state index in [1.165, 1.54) is 0 Å². The molecule has 0 fully saturated rings. The molecule has 128 valence electrons. The molecule has 0 spiro atoms. The molecule has 0 aliphatic heterocycles. The van der Waals surface area contributed by atoms with Crippen molar-refractivity contribution >= 4 is 17.7 Å². The summed E-state index contributed by atoms with van der Waals surface area (Å²) < 4.78 is 10.2. The molecule has 0 aliphatic carbocycles. The van der Waals surface area contributed by atoms with Crippen LogP contribution in [0.3, 0.4) is 0 Å². The standard InChI is InChI=1S/C14H15NO2.C7H6O/c1-16-13-7-3-11(4-8-13)15-12-5-9-14(17-2)10-6-12;8-6-7-4-2-1-3-5-7/h3-10,15H,1-2H3;1-6H. The van der Waals surface area contributed by atoms with Crippen LogP contribution in [0.5, 0.6) is 11.5 Å². The van der Waals surface area contributed by atoms with Crippen LogP contribution >= 0.6 is 0 Å². The van der Waals surface area contributed by atoms with E-state index in [2.05, 4.69) is 5.32 Å². The highest BCUT2D eigenvalue weighted by Crippen LogP contribution is 2.21. The molecule has 3 aromatic carbocycles. The summed E-state index contributed by atoms with van der Waals surface area (Å²) >= 11 is 0. The number of anilines is 2. The van der Waals surface area contributed by atoms with Crippen molar-refractivity contribution in [3.8, 4) is 11.5 Å². The molecule has 0 bridgehead atoms. The van der Waals surface area contributed by atoms with Crippen molar-refractivity contribution in [3.63, 3.8) is 0 Å². The van der Waals surface area contributed by atoms with E-state index in [-0.39, 0.29) is 0 Å². The van der Waals surface area contributed by atoms with E-state index in [4.69, 9.17) is 9.47 Å². The topological polar surface area (TPSA) is 47.6 Å². The minimum absolute atomic E-state index is 0.729. The van der Waals surface area contributed by atoms with Crippen LogP contribution in [-0.4, -0.2) is 20.5 Å². The molecule has 25 heavy (non-hydrogen) atoms. The van der Waals surface area contributed by atoms with Crippen molar-refractivity contribution < 1.29 is 14.3 Å². The fourth-order valence-electron chi connectivity index (χ4n) is 2.05. The van der Waals surface area contributed by atoms with Crippen LogP contribution < -0.4 is 14.8 Å². The van der Waals surface area contributed by atoms with Gasteiger partial charge in [-0.15, -0.1) is 0 Å². The lowest BCUT2D eigenvalue weighted by atomic mass is 10.2. The van der Waals surface area contributed by atoms with Crippen molar-refractivity contribution in [3.05, 3.63) is 84.4 Å². The van der Waals surface area contributed by atoms with E-state index in [9.17, 15) is 4.79 Å². The largest absolute Gasteiger partial charge is 0.497 e. The van der Waals surface area contributed by atoms with Gasteiger partial charge in [0.2, 0.25) is 0 Å². The maximum absolute atomic E-state index is 10.0. The average Bonchev–Trinajstić information content (AvgIpc) is 2.70. The highest BCUT2D eigenvalue weighted by molar-refractivity contribution is 5.74. The number of carbonyl (C=O) groups is 1. The Morgan fingerprint density at radius 3 is 1.44 bits per heavy atom. The van der Waals surface area contributed by atoms with Gasteiger partial charge in [0.05, 0.1) is 14.2 Å². The molecule has 0 amide bonds. The summed E-state index contributed by atoms with van der Waals surface area (Å²) in [6.07, 6.45) is 0.833. The van der Waals surface area contributed by atoms with E-state index in [0.29, 0.717) is 0 Å². The maximum Gasteiger partial charge on any atom is 0.150 e. The van der Waals surface area contributed by atoms with E-state index in [1.807, 2.05) is 66.7 Å². The van der Waals surface area contributed by atoms with E-state index >= 15 is 0 Å². The summed E-state index contributed by atoms with van der Waals surface area (Å²) in [5, 5.41) is 3.30. The molecule has 0 heterocycles. The molecule has 3 aromatic rings. The van der Waals surface area contributed by atoms with Gasteiger partial charge in [0.1, 0.15) is 17.8 Å². The molecule has 0 aliphatic rings. The van der Waals surface area contributed by atoms with E-state index < -0.39 is 0 Å². The highest BCUT2D eigenvalue weighted by atomic mass is 16.5. The number of benzene rings is 3. The zero-order valence-corrected chi connectivity index (χ0v) is 14.3. The smallest absolute Gasteiger partial charge is 0.150 e. The van der Waals surface area contributed by atoms with Crippen LogP contribution in [-0.2, 0) is 0 Å². The Morgan fingerprint density at radius 1 is 0.680 bits per heavy atom. The minimum atomic E-state index is 0.729. The van der Waals surface area contributed by atoms with Gasteiger partial charge in [0.25, 0.3) is 0 Å². The van der Waals surface area contributed by atoms with Gasteiger partial charge in [-0.2, -0.15) is 0 Å².